The first-order chi connectivity index (χ1) is 12.5. The summed E-state index contributed by atoms with van der Waals surface area (Å²) >= 11 is 0. The lowest BCUT2D eigenvalue weighted by atomic mass is 10.1. The summed E-state index contributed by atoms with van der Waals surface area (Å²) in [4.78, 5) is 13.8. The van der Waals surface area contributed by atoms with Crippen LogP contribution in [-0.2, 0) is 6.18 Å². The first-order valence-corrected chi connectivity index (χ1v) is 8.84. The van der Waals surface area contributed by atoms with Gasteiger partial charge in [-0.1, -0.05) is 0 Å². The van der Waals surface area contributed by atoms with E-state index >= 15 is 0 Å². The minimum atomic E-state index is -4.38. The summed E-state index contributed by atoms with van der Waals surface area (Å²) < 4.78 is 41.0. The van der Waals surface area contributed by atoms with Gasteiger partial charge in [0.1, 0.15) is 0 Å². The topological polar surface area (TPSA) is 36.7 Å². The lowest BCUT2D eigenvalue weighted by Crippen LogP contribution is -2.50. The number of piperazine rings is 1. The summed E-state index contributed by atoms with van der Waals surface area (Å²) in [5.74, 6) is 0.758. The second-order valence-corrected chi connectivity index (χ2v) is 7.04. The smallest absolute Gasteiger partial charge is 0.351 e. The van der Waals surface area contributed by atoms with E-state index in [1.165, 1.54) is 18.9 Å². The molecule has 1 unspecified atom stereocenters. The van der Waals surface area contributed by atoms with Gasteiger partial charge >= 0.3 is 6.18 Å². The molecular weight excluding hydrogens is 343 g/mol. The van der Waals surface area contributed by atoms with Gasteiger partial charge in [0.15, 0.2) is 11.5 Å². The maximum absolute atomic E-state index is 13.1. The lowest BCUT2D eigenvalue weighted by molar-refractivity contribution is -0.137. The van der Waals surface area contributed by atoms with Crippen molar-refractivity contribution in [3.63, 3.8) is 0 Å². The second kappa shape index (κ2) is 5.57. The zero-order valence-electron chi connectivity index (χ0n) is 14.1. The van der Waals surface area contributed by atoms with Crippen LogP contribution < -0.4 is 4.90 Å². The van der Waals surface area contributed by atoms with Gasteiger partial charge in [0.05, 0.1) is 16.6 Å². The van der Waals surface area contributed by atoms with Gasteiger partial charge in [-0.25, -0.2) is 9.97 Å². The number of hydrogen-bond acceptors (Lipinski definition) is 4. The molecule has 5 nitrogen and oxygen atoms in total. The van der Waals surface area contributed by atoms with Crippen molar-refractivity contribution in [1.82, 2.24) is 19.3 Å². The molecule has 0 radical (unpaired) electrons. The van der Waals surface area contributed by atoms with E-state index in [2.05, 4.69) is 14.8 Å². The Bertz CT molecular complexity index is 980. The Morgan fingerprint density at radius 1 is 1.12 bits per heavy atom. The van der Waals surface area contributed by atoms with Crippen molar-refractivity contribution < 1.29 is 13.2 Å². The maximum atomic E-state index is 13.1. The molecule has 2 aliphatic rings. The molecule has 2 aromatic heterocycles. The highest BCUT2D eigenvalue weighted by Crippen LogP contribution is 2.33. The summed E-state index contributed by atoms with van der Waals surface area (Å²) in [7, 11) is 0. The van der Waals surface area contributed by atoms with Crippen LogP contribution in [0.4, 0.5) is 19.0 Å². The molecular formula is C18H18F3N5. The van der Waals surface area contributed by atoms with Crippen molar-refractivity contribution in [2.45, 2.75) is 25.1 Å². The van der Waals surface area contributed by atoms with Crippen LogP contribution in [0.5, 0.6) is 0 Å². The number of alkyl halides is 3. The zero-order chi connectivity index (χ0) is 17.9. The SMILES string of the molecule is FC(F)(F)c1ccc2nc(N3CCN4CCCC4C3)c3nccn3c2c1. The molecule has 0 bridgehead atoms. The van der Waals surface area contributed by atoms with Crippen molar-refractivity contribution >= 4 is 22.5 Å². The summed E-state index contributed by atoms with van der Waals surface area (Å²) in [6.07, 6.45) is 1.35. The molecule has 8 heteroatoms. The average Bonchev–Trinajstić information content (AvgIpc) is 3.28. The third-order valence-corrected chi connectivity index (χ3v) is 5.52. The van der Waals surface area contributed by atoms with Crippen molar-refractivity contribution in [1.29, 1.82) is 0 Å². The van der Waals surface area contributed by atoms with Crippen LogP contribution >= 0.6 is 0 Å². The number of hydrogen-bond donors (Lipinski definition) is 0. The molecule has 4 heterocycles. The fourth-order valence-corrected chi connectivity index (χ4v) is 4.21. The average molecular weight is 361 g/mol. The summed E-state index contributed by atoms with van der Waals surface area (Å²) in [6, 6.07) is 4.23. The Kier molecular flexibility index (Phi) is 3.40. The molecule has 26 heavy (non-hydrogen) atoms. The number of imidazole rings is 1. The van der Waals surface area contributed by atoms with Gasteiger partial charge in [0.2, 0.25) is 0 Å². The Morgan fingerprint density at radius 2 is 2.00 bits per heavy atom. The molecule has 0 N–H and O–H groups in total. The van der Waals surface area contributed by atoms with E-state index in [4.69, 9.17) is 4.98 Å². The molecule has 2 aliphatic heterocycles. The predicted molar refractivity (Wildman–Crippen MR) is 92.3 cm³/mol. The predicted octanol–water partition coefficient (Wildman–Crippen LogP) is 3.19. The number of halogens is 3. The number of aromatic nitrogens is 3. The summed E-state index contributed by atoms with van der Waals surface area (Å²) in [6.45, 7) is 3.90. The molecule has 2 saturated heterocycles. The van der Waals surface area contributed by atoms with Gasteiger partial charge in [-0.15, -0.1) is 0 Å². The van der Waals surface area contributed by atoms with E-state index in [9.17, 15) is 13.2 Å². The van der Waals surface area contributed by atoms with Gasteiger partial charge in [-0.2, -0.15) is 13.2 Å². The molecule has 0 aliphatic carbocycles. The molecule has 5 rings (SSSR count). The van der Waals surface area contributed by atoms with E-state index in [0.717, 1.165) is 44.1 Å². The van der Waals surface area contributed by atoms with E-state index < -0.39 is 11.7 Å². The van der Waals surface area contributed by atoms with Crippen molar-refractivity contribution in [2.75, 3.05) is 31.1 Å². The van der Waals surface area contributed by atoms with Crippen LogP contribution in [0, 0.1) is 0 Å². The minimum Gasteiger partial charge on any atom is -0.351 e. The highest BCUT2D eigenvalue weighted by atomic mass is 19.4. The number of rotatable bonds is 1. The number of anilines is 1. The monoisotopic (exact) mass is 361 g/mol. The molecule has 0 spiro atoms. The van der Waals surface area contributed by atoms with Gasteiger partial charge in [-0.05, 0) is 37.6 Å². The number of benzene rings is 1. The van der Waals surface area contributed by atoms with Crippen molar-refractivity contribution in [3.8, 4) is 0 Å². The van der Waals surface area contributed by atoms with Crippen LogP contribution in [0.3, 0.4) is 0 Å². The van der Waals surface area contributed by atoms with Gasteiger partial charge in [0, 0.05) is 38.1 Å². The molecule has 1 aromatic carbocycles. The van der Waals surface area contributed by atoms with Crippen LogP contribution in [0.15, 0.2) is 30.6 Å². The number of nitrogens with zero attached hydrogens (tertiary/aromatic N) is 5. The third kappa shape index (κ3) is 2.43. The largest absolute Gasteiger partial charge is 0.416 e. The molecule has 3 aromatic rings. The van der Waals surface area contributed by atoms with E-state index in [0.29, 0.717) is 22.7 Å². The van der Waals surface area contributed by atoms with Gasteiger partial charge < -0.3 is 4.90 Å². The quantitative estimate of drug-likeness (QED) is 0.667. The number of fused-ring (bicyclic) bond motifs is 4. The van der Waals surface area contributed by atoms with Crippen LogP contribution in [0.2, 0.25) is 0 Å². The molecule has 0 amide bonds. The second-order valence-electron chi connectivity index (χ2n) is 7.04. The summed E-state index contributed by atoms with van der Waals surface area (Å²) in [5, 5.41) is 0. The first kappa shape index (κ1) is 15.9. The standard InChI is InChI=1S/C18H18F3N5/c19-18(20,21)12-3-4-14-15(10-12)26-7-5-22-16(26)17(23-14)25-9-8-24-6-1-2-13(24)11-25/h3-5,7,10,13H,1-2,6,8-9,11H2. The lowest BCUT2D eigenvalue weighted by Gasteiger charge is -2.38. The highest BCUT2D eigenvalue weighted by Gasteiger charge is 2.33. The Labute approximate surface area is 148 Å². The highest BCUT2D eigenvalue weighted by molar-refractivity contribution is 5.84. The first-order valence-electron chi connectivity index (χ1n) is 8.84. The minimum absolute atomic E-state index is 0.426. The van der Waals surface area contributed by atoms with Gasteiger partial charge in [-0.3, -0.25) is 9.30 Å². The van der Waals surface area contributed by atoms with Crippen LogP contribution in [0.25, 0.3) is 16.7 Å². The zero-order valence-corrected chi connectivity index (χ0v) is 14.1. The fourth-order valence-electron chi connectivity index (χ4n) is 4.21. The van der Waals surface area contributed by atoms with E-state index in [1.54, 1.807) is 16.8 Å². The molecule has 2 fully saturated rings. The maximum Gasteiger partial charge on any atom is 0.416 e. The van der Waals surface area contributed by atoms with Crippen molar-refractivity contribution in [3.05, 3.63) is 36.2 Å². The molecule has 1 atom stereocenters. The Hall–Kier alpha value is -2.35. The van der Waals surface area contributed by atoms with Crippen molar-refractivity contribution in [2.24, 2.45) is 0 Å². The van der Waals surface area contributed by atoms with Gasteiger partial charge in [0.25, 0.3) is 0 Å². The Balaban J connectivity index is 1.63. The van der Waals surface area contributed by atoms with E-state index in [1.807, 2.05) is 0 Å². The Morgan fingerprint density at radius 3 is 2.85 bits per heavy atom. The third-order valence-electron chi connectivity index (χ3n) is 5.52. The van der Waals surface area contributed by atoms with Crippen LogP contribution in [0.1, 0.15) is 18.4 Å². The normalized spacial score (nSPS) is 21.7. The van der Waals surface area contributed by atoms with Crippen LogP contribution in [-0.4, -0.2) is 51.5 Å². The molecule has 136 valence electrons. The summed E-state index contributed by atoms with van der Waals surface area (Å²) in [5.41, 5.74) is 0.917. The fraction of sp³-hybridized carbons (Fsp3) is 0.444. The van der Waals surface area contributed by atoms with E-state index in [-0.39, 0.29) is 0 Å². The molecule has 0 saturated carbocycles.